The third-order valence-electron chi connectivity index (χ3n) is 4.75. The second-order valence-electron chi connectivity index (χ2n) is 6.58. The molecule has 0 aliphatic carbocycles. The standard InChI is InChI=1S/C24H24O4/c1-16(19-8-12-21(26)13-9-19)24-22(27-2)14-18(15-23(24)28-3)5-4-17-6-10-20(25)11-7-17/h4-16,25-26H,1-3H3/b5-4+. The molecule has 1 unspecified atom stereocenters. The number of methoxy groups -OCH3 is 2. The van der Waals surface area contributed by atoms with E-state index >= 15 is 0 Å². The molecule has 4 heteroatoms. The highest BCUT2D eigenvalue weighted by Crippen LogP contribution is 2.40. The third kappa shape index (κ3) is 4.29. The predicted octanol–water partition coefficient (Wildman–Crippen LogP) is 5.44. The first-order valence-corrected chi connectivity index (χ1v) is 9.03. The number of phenols is 2. The van der Waals surface area contributed by atoms with Crippen molar-refractivity contribution < 1.29 is 19.7 Å². The van der Waals surface area contributed by atoms with E-state index in [1.165, 1.54) is 0 Å². The summed E-state index contributed by atoms with van der Waals surface area (Å²) in [5.74, 6) is 1.99. The molecule has 1 atom stereocenters. The van der Waals surface area contributed by atoms with Crippen molar-refractivity contribution in [2.75, 3.05) is 14.2 Å². The summed E-state index contributed by atoms with van der Waals surface area (Å²) >= 11 is 0. The lowest BCUT2D eigenvalue weighted by molar-refractivity contribution is 0.383. The zero-order valence-electron chi connectivity index (χ0n) is 16.2. The Hall–Kier alpha value is -3.40. The van der Waals surface area contributed by atoms with Crippen LogP contribution in [0, 0.1) is 0 Å². The molecule has 0 saturated heterocycles. The molecule has 28 heavy (non-hydrogen) atoms. The van der Waals surface area contributed by atoms with Crippen LogP contribution in [-0.2, 0) is 0 Å². The second-order valence-corrected chi connectivity index (χ2v) is 6.58. The van der Waals surface area contributed by atoms with Gasteiger partial charge in [0.25, 0.3) is 0 Å². The molecule has 0 spiro atoms. The highest BCUT2D eigenvalue weighted by atomic mass is 16.5. The maximum Gasteiger partial charge on any atom is 0.126 e. The Kier molecular flexibility index (Phi) is 5.90. The molecule has 0 bridgehead atoms. The van der Waals surface area contributed by atoms with E-state index in [4.69, 9.17) is 9.47 Å². The van der Waals surface area contributed by atoms with Crippen molar-refractivity contribution in [3.63, 3.8) is 0 Å². The summed E-state index contributed by atoms with van der Waals surface area (Å²) in [5, 5.41) is 18.9. The first-order chi connectivity index (χ1) is 13.5. The first kappa shape index (κ1) is 19.4. The van der Waals surface area contributed by atoms with Crippen LogP contribution in [0.4, 0.5) is 0 Å². The Morgan fingerprint density at radius 1 is 0.714 bits per heavy atom. The van der Waals surface area contributed by atoms with Crippen LogP contribution in [0.3, 0.4) is 0 Å². The lowest BCUT2D eigenvalue weighted by atomic mass is 9.90. The topological polar surface area (TPSA) is 58.9 Å². The van der Waals surface area contributed by atoms with Gasteiger partial charge in [0.1, 0.15) is 23.0 Å². The molecule has 0 fully saturated rings. The Morgan fingerprint density at radius 3 is 1.68 bits per heavy atom. The third-order valence-corrected chi connectivity index (χ3v) is 4.75. The molecule has 0 aliphatic heterocycles. The SMILES string of the molecule is COc1cc(/C=C/c2ccc(O)cc2)cc(OC)c1C(C)c1ccc(O)cc1. The normalized spacial score (nSPS) is 12.1. The fraction of sp³-hybridized carbons (Fsp3) is 0.167. The van der Waals surface area contributed by atoms with E-state index in [2.05, 4.69) is 6.92 Å². The van der Waals surface area contributed by atoms with Gasteiger partial charge in [0.15, 0.2) is 0 Å². The maximum atomic E-state index is 9.54. The van der Waals surface area contributed by atoms with Gasteiger partial charge in [-0.1, -0.05) is 43.3 Å². The molecule has 3 aromatic rings. The molecule has 2 N–H and O–H groups in total. The van der Waals surface area contributed by atoms with Gasteiger partial charge >= 0.3 is 0 Å². The minimum absolute atomic E-state index is 0.0284. The minimum atomic E-state index is 0.0284. The molecule has 0 amide bonds. The van der Waals surface area contributed by atoms with Gasteiger partial charge in [-0.3, -0.25) is 0 Å². The van der Waals surface area contributed by atoms with Crippen LogP contribution >= 0.6 is 0 Å². The second kappa shape index (κ2) is 8.53. The van der Waals surface area contributed by atoms with Crippen LogP contribution in [0.1, 0.15) is 35.1 Å². The van der Waals surface area contributed by atoms with E-state index < -0.39 is 0 Å². The maximum absolute atomic E-state index is 9.54. The Balaban J connectivity index is 1.97. The predicted molar refractivity (Wildman–Crippen MR) is 112 cm³/mol. The molecule has 3 rings (SSSR count). The van der Waals surface area contributed by atoms with Gasteiger partial charge in [0.05, 0.1) is 14.2 Å². The highest BCUT2D eigenvalue weighted by Gasteiger charge is 2.20. The van der Waals surface area contributed by atoms with Crippen molar-refractivity contribution >= 4 is 12.2 Å². The number of ether oxygens (including phenoxy) is 2. The van der Waals surface area contributed by atoms with Crippen molar-refractivity contribution in [3.8, 4) is 23.0 Å². The lowest BCUT2D eigenvalue weighted by Gasteiger charge is -2.20. The summed E-state index contributed by atoms with van der Waals surface area (Å²) in [6.07, 6.45) is 3.95. The van der Waals surface area contributed by atoms with Gasteiger partial charge in [0.2, 0.25) is 0 Å². The molecule has 144 valence electrons. The minimum Gasteiger partial charge on any atom is -0.508 e. The van der Waals surface area contributed by atoms with Crippen molar-refractivity contribution in [2.24, 2.45) is 0 Å². The average molecular weight is 376 g/mol. The quantitative estimate of drug-likeness (QED) is 0.563. The molecule has 0 heterocycles. The van der Waals surface area contributed by atoms with Gasteiger partial charge in [0, 0.05) is 11.5 Å². The fourth-order valence-corrected chi connectivity index (χ4v) is 3.19. The average Bonchev–Trinajstić information content (AvgIpc) is 2.72. The number of hydrogen-bond donors (Lipinski definition) is 2. The summed E-state index contributed by atoms with van der Waals surface area (Å²) < 4.78 is 11.3. The summed E-state index contributed by atoms with van der Waals surface area (Å²) in [5.41, 5.74) is 3.94. The molecule has 0 aliphatic rings. The Morgan fingerprint density at radius 2 is 1.18 bits per heavy atom. The summed E-state index contributed by atoms with van der Waals surface area (Å²) in [6.45, 7) is 2.08. The largest absolute Gasteiger partial charge is 0.508 e. The van der Waals surface area contributed by atoms with Gasteiger partial charge in [-0.25, -0.2) is 0 Å². The van der Waals surface area contributed by atoms with Gasteiger partial charge in [-0.2, -0.15) is 0 Å². The smallest absolute Gasteiger partial charge is 0.126 e. The number of rotatable bonds is 6. The van der Waals surface area contributed by atoms with Crippen molar-refractivity contribution in [3.05, 3.63) is 82.9 Å². The zero-order chi connectivity index (χ0) is 20.1. The summed E-state index contributed by atoms with van der Waals surface area (Å²) in [6, 6.07) is 18.1. The van der Waals surface area contributed by atoms with Crippen LogP contribution in [0.2, 0.25) is 0 Å². The van der Waals surface area contributed by atoms with E-state index in [9.17, 15) is 10.2 Å². The van der Waals surface area contributed by atoms with Gasteiger partial charge in [-0.15, -0.1) is 0 Å². The molecule has 0 radical (unpaired) electrons. The van der Waals surface area contributed by atoms with E-state index in [1.54, 1.807) is 38.5 Å². The first-order valence-electron chi connectivity index (χ1n) is 9.03. The lowest BCUT2D eigenvalue weighted by Crippen LogP contribution is -2.03. The zero-order valence-corrected chi connectivity index (χ0v) is 16.2. The van der Waals surface area contributed by atoms with Crippen molar-refractivity contribution in [1.82, 2.24) is 0 Å². The Bertz CT molecular complexity index is 932. The monoisotopic (exact) mass is 376 g/mol. The van der Waals surface area contributed by atoms with E-state index in [-0.39, 0.29) is 17.4 Å². The fourth-order valence-electron chi connectivity index (χ4n) is 3.19. The van der Waals surface area contributed by atoms with Crippen molar-refractivity contribution in [1.29, 1.82) is 0 Å². The Labute approximate surface area is 165 Å². The van der Waals surface area contributed by atoms with E-state index in [0.29, 0.717) is 0 Å². The number of hydrogen-bond acceptors (Lipinski definition) is 4. The molecule has 3 aromatic carbocycles. The van der Waals surface area contributed by atoms with Crippen LogP contribution in [0.5, 0.6) is 23.0 Å². The van der Waals surface area contributed by atoms with Gasteiger partial charge in [-0.05, 0) is 53.1 Å². The molecule has 4 nitrogen and oxygen atoms in total. The number of phenolic OH excluding ortho intramolecular Hbond substituents is 2. The van der Waals surface area contributed by atoms with Crippen molar-refractivity contribution in [2.45, 2.75) is 12.8 Å². The van der Waals surface area contributed by atoms with Gasteiger partial charge < -0.3 is 19.7 Å². The highest BCUT2D eigenvalue weighted by molar-refractivity contribution is 5.72. The van der Waals surface area contributed by atoms with E-state index in [1.807, 2.05) is 48.6 Å². The summed E-state index contributed by atoms with van der Waals surface area (Å²) in [4.78, 5) is 0. The number of benzene rings is 3. The van der Waals surface area contributed by atoms with Crippen LogP contribution in [0.15, 0.2) is 60.7 Å². The number of aromatic hydroxyl groups is 2. The van der Waals surface area contributed by atoms with E-state index in [0.717, 1.165) is 33.8 Å². The van der Waals surface area contributed by atoms with Crippen LogP contribution < -0.4 is 9.47 Å². The molecule has 0 aromatic heterocycles. The van der Waals surface area contributed by atoms with Crippen LogP contribution in [0.25, 0.3) is 12.2 Å². The van der Waals surface area contributed by atoms with Crippen LogP contribution in [-0.4, -0.2) is 24.4 Å². The summed E-state index contributed by atoms with van der Waals surface area (Å²) in [7, 11) is 3.30. The molecular weight excluding hydrogens is 352 g/mol. The molecular formula is C24H24O4. The molecule has 0 saturated carbocycles.